The zero-order chi connectivity index (χ0) is 13.2. The monoisotopic (exact) mass is 265 g/mol. The van der Waals surface area contributed by atoms with Gasteiger partial charge in [-0.25, -0.2) is 0 Å². The summed E-state index contributed by atoms with van der Waals surface area (Å²) in [6, 6.07) is 4.28. The van der Waals surface area contributed by atoms with Crippen LogP contribution >= 0.6 is 11.3 Å². The lowest BCUT2D eigenvalue weighted by atomic mass is 9.88. The third-order valence-corrected chi connectivity index (χ3v) is 5.44. The summed E-state index contributed by atoms with van der Waals surface area (Å²) in [4.78, 5) is 17.4. The van der Waals surface area contributed by atoms with Crippen molar-refractivity contribution in [1.82, 2.24) is 4.90 Å². The Morgan fingerprint density at radius 2 is 1.89 bits per heavy atom. The van der Waals surface area contributed by atoms with Crippen LogP contribution in [0.15, 0.2) is 12.1 Å². The highest BCUT2D eigenvalue weighted by Gasteiger charge is 2.42. The van der Waals surface area contributed by atoms with Gasteiger partial charge in [-0.1, -0.05) is 19.8 Å². The smallest absolute Gasteiger partial charge is 0.158 e. The first-order valence-electron chi connectivity index (χ1n) is 6.87. The second-order valence-corrected chi connectivity index (χ2v) is 6.71. The lowest BCUT2D eigenvalue weighted by Gasteiger charge is -2.34. The van der Waals surface area contributed by atoms with Gasteiger partial charge in [-0.05, 0) is 45.5 Å². The third-order valence-electron chi connectivity index (χ3n) is 4.21. The van der Waals surface area contributed by atoms with Crippen molar-refractivity contribution in [3.8, 4) is 0 Å². The molecule has 0 aliphatic heterocycles. The molecule has 1 fully saturated rings. The van der Waals surface area contributed by atoms with Gasteiger partial charge in [0.15, 0.2) is 5.78 Å². The first kappa shape index (κ1) is 13.8. The standard InChI is InChI=1S/C15H23NOS/c1-4-12-7-8-13(18-12)11-14(17)15(16(2)3)9-5-6-10-15/h7-8H,4-6,9-11H2,1-3H3. The summed E-state index contributed by atoms with van der Waals surface area (Å²) in [5, 5.41) is 0. The topological polar surface area (TPSA) is 20.3 Å². The van der Waals surface area contributed by atoms with E-state index in [4.69, 9.17) is 0 Å². The van der Waals surface area contributed by atoms with Crippen LogP contribution in [-0.2, 0) is 17.6 Å². The van der Waals surface area contributed by atoms with E-state index in [0.717, 1.165) is 19.3 Å². The summed E-state index contributed by atoms with van der Waals surface area (Å²) in [5.74, 6) is 0.412. The van der Waals surface area contributed by atoms with Crippen LogP contribution in [0.3, 0.4) is 0 Å². The number of rotatable bonds is 5. The second-order valence-electron chi connectivity index (χ2n) is 5.45. The largest absolute Gasteiger partial charge is 0.297 e. The molecule has 1 aliphatic rings. The van der Waals surface area contributed by atoms with E-state index in [0.29, 0.717) is 12.2 Å². The van der Waals surface area contributed by atoms with Gasteiger partial charge >= 0.3 is 0 Å². The Morgan fingerprint density at radius 1 is 1.28 bits per heavy atom. The van der Waals surface area contributed by atoms with Crippen molar-refractivity contribution >= 4 is 17.1 Å². The fraction of sp³-hybridized carbons (Fsp3) is 0.667. The van der Waals surface area contributed by atoms with Crippen LogP contribution < -0.4 is 0 Å². The SMILES string of the molecule is CCc1ccc(CC(=O)C2(N(C)C)CCCC2)s1. The molecule has 2 rings (SSSR count). The molecule has 1 saturated carbocycles. The van der Waals surface area contributed by atoms with Gasteiger partial charge in [-0.2, -0.15) is 0 Å². The average Bonchev–Trinajstić information content (AvgIpc) is 2.97. The van der Waals surface area contributed by atoms with E-state index in [1.807, 2.05) is 0 Å². The molecule has 0 N–H and O–H groups in total. The van der Waals surface area contributed by atoms with Crippen LogP contribution in [0, 0.1) is 0 Å². The number of aryl methyl sites for hydroxylation is 1. The number of Topliss-reactive ketones (excluding diaryl/α,β-unsaturated/α-hetero) is 1. The molecule has 0 atom stereocenters. The summed E-state index contributed by atoms with van der Waals surface area (Å²) < 4.78 is 0. The molecule has 0 radical (unpaired) electrons. The van der Waals surface area contributed by atoms with Crippen molar-refractivity contribution in [3.05, 3.63) is 21.9 Å². The highest BCUT2D eigenvalue weighted by Crippen LogP contribution is 2.36. The number of nitrogens with zero attached hydrogens (tertiary/aromatic N) is 1. The van der Waals surface area contributed by atoms with Crippen molar-refractivity contribution in [3.63, 3.8) is 0 Å². The second kappa shape index (κ2) is 5.54. The minimum atomic E-state index is -0.184. The van der Waals surface area contributed by atoms with Crippen LogP contribution in [0.4, 0.5) is 0 Å². The maximum Gasteiger partial charge on any atom is 0.158 e. The van der Waals surface area contributed by atoms with E-state index in [1.54, 1.807) is 11.3 Å². The predicted octanol–water partition coefficient (Wildman–Crippen LogP) is 3.30. The molecule has 1 aliphatic carbocycles. The van der Waals surface area contributed by atoms with E-state index >= 15 is 0 Å². The minimum Gasteiger partial charge on any atom is -0.297 e. The highest BCUT2D eigenvalue weighted by molar-refractivity contribution is 7.12. The van der Waals surface area contributed by atoms with Gasteiger partial charge in [0.2, 0.25) is 0 Å². The van der Waals surface area contributed by atoms with Crippen LogP contribution in [0.5, 0.6) is 0 Å². The molecule has 1 heterocycles. The Hall–Kier alpha value is -0.670. The summed E-state index contributed by atoms with van der Waals surface area (Å²) in [6.07, 6.45) is 6.12. The zero-order valence-electron chi connectivity index (χ0n) is 11.7. The number of hydrogen-bond donors (Lipinski definition) is 0. The maximum atomic E-state index is 12.6. The van der Waals surface area contributed by atoms with Gasteiger partial charge in [0.25, 0.3) is 0 Å². The van der Waals surface area contributed by atoms with E-state index in [1.165, 1.54) is 22.6 Å². The Balaban J connectivity index is 2.10. The lowest BCUT2D eigenvalue weighted by Crippen LogP contribution is -2.49. The molecule has 18 heavy (non-hydrogen) atoms. The molecule has 2 nitrogen and oxygen atoms in total. The Labute approximate surface area is 114 Å². The van der Waals surface area contributed by atoms with E-state index < -0.39 is 0 Å². The van der Waals surface area contributed by atoms with Gasteiger partial charge in [0.05, 0.1) is 5.54 Å². The molecule has 1 aromatic rings. The van der Waals surface area contributed by atoms with E-state index in [2.05, 4.69) is 38.1 Å². The maximum absolute atomic E-state index is 12.6. The number of carbonyl (C=O) groups excluding carboxylic acids is 1. The van der Waals surface area contributed by atoms with E-state index in [9.17, 15) is 4.79 Å². The first-order valence-corrected chi connectivity index (χ1v) is 7.68. The Kier molecular flexibility index (Phi) is 4.23. The quantitative estimate of drug-likeness (QED) is 0.814. The van der Waals surface area contributed by atoms with Crippen LogP contribution in [0.1, 0.15) is 42.4 Å². The molecule has 0 amide bonds. The van der Waals surface area contributed by atoms with Crippen LogP contribution in [0.2, 0.25) is 0 Å². The van der Waals surface area contributed by atoms with E-state index in [-0.39, 0.29) is 5.54 Å². The van der Waals surface area contributed by atoms with Crippen molar-refractivity contribution in [2.75, 3.05) is 14.1 Å². The van der Waals surface area contributed by atoms with Crippen LogP contribution in [-0.4, -0.2) is 30.3 Å². The molecular formula is C15H23NOS. The Morgan fingerprint density at radius 3 is 2.39 bits per heavy atom. The summed E-state index contributed by atoms with van der Waals surface area (Å²) >= 11 is 1.79. The summed E-state index contributed by atoms with van der Waals surface area (Å²) in [5.41, 5.74) is -0.184. The van der Waals surface area contributed by atoms with Gasteiger partial charge < -0.3 is 0 Å². The molecular weight excluding hydrogens is 242 g/mol. The molecule has 0 aromatic carbocycles. The highest BCUT2D eigenvalue weighted by atomic mass is 32.1. The molecule has 0 bridgehead atoms. The molecule has 0 spiro atoms. The fourth-order valence-electron chi connectivity index (χ4n) is 2.97. The van der Waals surface area contributed by atoms with Crippen molar-refractivity contribution in [2.45, 2.75) is 51.0 Å². The first-order chi connectivity index (χ1) is 8.58. The number of hydrogen-bond acceptors (Lipinski definition) is 3. The van der Waals surface area contributed by atoms with Crippen LogP contribution in [0.25, 0.3) is 0 Å². The molecule has 0 saturated heterocycles. The molecule has 1 aromatic heterocycles. The predicted molar refractivity (Wildman–Crippen MR) is 77.3 cm³/mol. The van der Waals surface area contributed by atoms with Crippen molar-refractivity contribution < 1.29 is 4.79 Å². The van der Waals surface area contributed by atoms with Crippen molar-refractivity contribution in [1.29, 1.82) is 0 Å². The zero-order valence-corrected chi connectivity index (χ0v) is 12.5. The van der Waals surface area contributed by atoms with Gasteiger partial charge in [0.1, 0.15) is 0 Å². The number of likely N-dealkylation sites (N-methyl/N-ethyl adjacent to an activating group) is 1. The third kappa shape index (κ3) is 2.52. The number of thiophene rings is 1. The number of ketones is 1. The molecule has 100 valence electrons. The lowest BCUT2D eigenvalue weighted by molar-refractivity contribution is -0.128. The Bertz CT molecular complexity index is 416. The van der Waals surface area contributed by atoms with Gasteiger partial charge in [-0.15, -0.1) is 11.3 Å². The van der Waals surface area contributed by atoms with Gasteiger partial charge in [0, 0.05) is 16.2 Å². The minimum absolute atomic E-state index is 0.184. The van der Waals surface area contributed by atoms with Gasteiger partial charge in [-0.3, -0.25) is 9.69 Å². The summed E-state index contributed by atoms with van der Waals surface area (Å²) in [7, 11) is 4.10. The average molecular weight is 265 g/mol. The molecule has 0 unspecified atom stereocenters. The molecule has 3 heteroatoms. The fourth-order valence-corrected chi connectivity index (χ4v) is 3.92. The summed E-state index contributed by atoms with van der Waals surface area (Å²) in [6.45, 7) is 2.16. The number of carbonyl (C=O) groups is 1. The normalized spacial score (nSPS) is 18.4. The van der Waals surface area contributed by atoms with Crippen molar-refractivity contribution in [2.24, 2.45) is 0 Å².